The zero-order valence-corrected chi connectivity index (χ0v) is 10.8. The maximum absolute atomic E-state index is 13.3. The van der Waals surface area contributed by atoms with Crippen LogP contribution in [-0.2, 0) is 4.74 Å². The van der Waals surface area contributed by atoms with Gasteiger partial charge in [-0.25, -0.2) is 4.39 Å². The van der Waals surface area contributed by atoms with E-state index in [1.807, 2.05) is 14.1 Å². The normalized spacial score (nSPS) is 42.9. The number of ether oxygens (including phenoxy) is 1. The Morgan fingerprint density at radius 1 is 1.41 bits per heavy atom. The van der Waals surface area contributed by atoms with Gasteiger partial charge in [0.05, 0.1) is 0 Å². The first-order valence-corrected chi connectivity index (χ1v) is 6.37. The van der Waals surface area contributed by atoms with Gasteiger partial charge in [-0.15, -0.1) is 0 Å². The molecular weight excluding hydrogens is 247 g/mol. The van der Waals surface area contributed by atoms with E-state index in [0.29, 0.717) is 0 Å². The summed E-state index contributed by atoms with van der Waals surface area (Å²) in [6, 6.07) is -0.526. The van der Waals surface area contributed by atoms with Crippen molar-refractivity contribution in [3.63, 3.8) is 0 Å². The lowest BCUT2D eigenvalue weighted by atomic mass is 9.96. The fourth-order valence-electron chi connectivity index (χ4n) is 1.97. The molecule has 0 aromatic rings. The van der Waals surface area contributed by atoms with Gasteiger partial charge in [0.25, 0.3) is 0 Å². The molecule has 6 unspecified atom stereocenters. The van der Waals surface area contributed by atoms with Crippen LogP contribution < -0.4 is 0 Å². The Hall–Kier alpha value is -0.370. The van der Waals surface area contributed by atoms with E-state index in [2.05, 4.69) is 4.99 Å². The Bertz CT molecular complexity index is 327. The minimum absolute atomic E-state index is 0.422. The Labute approximate surface area is 104 Å². The molecule has 98 valence electrons. The van der Waals surface area contributed by atoms with Crippen LogP contribution in [0.15, 0.2) is 4.99 Å². The van der Waals surface area contributed by atoms with Crippen LogP contribution in [0.3, 0.4) is 0 Å². The second kappa shape index (κ2) is 4.72. The molecule has 2 rings (SSSR count). The quantitative estimate of drug-likeness (QED) is 0.688. The molecule has 0 bridgehead atoms. The summed E-state index contributed by atoms with van der Waals surface area (Å²) >= 11 is 1.35. The van der Waals surface area contributed by atoms with E-state index in [-0.39, 0.29) is 0 Å². The first-order chi connectivity index (χ1) is 7.91. The number of rotatable bonds is 1. The molecule has 0 saturated carbocycles. The molecule has 2 aliphatic rings. The van der Waals surface area contributed by atoms with Crippen LogP contribution in [-0.4, -0.2) is 70.3 Å². The van der Waals surface area contributed by atoms with Gasteiger partial charge in [0.1, 0.15) is 36.0 Å². The van der Waals surface area contributed by atoms with Gasteiger partial charge >= 0.3 is 0 Å². The highest BCUT2D eigenvalue weighted by Gasteiger charge is 2.50. The number of alkyl halides is 1. The topological polar surface area (TPSA) is 65.3 Å². The number of halogens is 1. The molecule has 2 N–H and O–H groups in total. The summed E-state index contributed by atoms with van der Waals surface area (Å²) in [6.07, 6.45) is -4.64. The van der Waals surface area contributed by atoms with E-state index < -0.39 is 36.0 Å². The number of fused-ring (bicyclic) bond motifs is 1. The largest absolute Gasteiger partial charge is 0.388 e. The molecule has 0 amide bonds. The van der Waals surface area contributed by atoms with Gasteiger partial charge in [0.15, 0.2) is 5.17 Å². The monoisotopic (exact) mass is 264 g/mol. The average Bonchev–Trinajstić information content (AvgIpc) is 2.67. The van der Waals surface area contributed by atoms with E-state index in [4.69, 9.17) is 4.74 Å². The van der Waals surface area contributed by atoms with Crippen molar-refractivity contribution >= 4 is 16.9 Å². The number of aliphatic imine (C=N–C) groups is 1. The molecule has 2 heterocycles. The molecule has 7 heteroatoms. The van der Waals surface area contributed by atoms with Crippen molar-refractivity contribution in [3.8, 4) is 0 Å². The van der Waals surface area contributed by atoms with Crippen LogP contribution in [0.25, 0.3) is 0 Å². The highest BCUT2D eigenvalue weighted by molar-refractivity contribution is 8.14. The minimum Gasteiger partial charge on any atom is -0.388 e. The zero-order chi connectivity index (χ0) is 12.7. The van der Waals surface area contributed by atoms with Gasteiger partial charge in [0, 0.05) is 14.1 Å². The van der Waals surface area contributed by atoms with Crippen LogP contribution >= 0.6 is 11.8 Å². The lowest BCUT2D eigenvalue weighted by Gasteiger charge is -2.38. The smallest absolute Gasteiger partial charge is 0.161 e. The lowest BCUT2D eigenvalue weighted by molar-refractivity contribution is -0.170. The number of aliphatic hydroxyl groups is 2. The molecule has 6 atom stereocenters. The number of thioether (sulfide) groups is 1. The fourth-order valence-corrected chi connectivity index (χ4v) is 3.12. The maximum Gasteiger partial charge on any atom is 0.161 e. The molecule has 0 radical (unpaired) electrons. The summed E-state index contributed by atoms with van der Waals surface area (Å²) in [4.78, 5) is 6.09. The van der Waals surface area contributed by atoms with E-state index >= 15 is 0 Å². The number of amidine groups is 1. The van der Waals surface area contributed by atoms with Gasteiger partial charge in [-0.1, -0.05) is 11.8 Å². The first kappa shape index (κ1) is 13.1. The van der Waals surface area contributed by atoms with Crippen molar-refractivity contribution in [1.29, 1.82) is 0 Å². The molecule has 0 aliphatic carbocycles. The van der Waals surface area contributed by atoms with Gasteiger partial charge in [-0.3, -0.25) is 4.99 Å². The van der Waals surface area contributed by atoms with Crippen molar-refractivity contribution in [2.75, 3.05) is 14.1 Å². The van der Waals surface area contributed by atoms with Crippen molar-refractivity contribution in [2.45, 2.75) is 42.9 Å². The summed E-state index contributed by atoms with van der Waals surface area (Å²) in [7, 11) is 3.67. The number of hydrogen-bond acceptors (Lipinski definition) is 6. The molecular formula is C10H17FN2O3S. The predicted octanol–water partition coefficient (Wildman–Crippen LogP) is -0.176. The van der Waals surface area contributed by atoms with Crippen LogP contribution in [0.4, 0.5) is 4.39 Å². The van der Waals surface area contributed by atoms with Crippen LogP contribution in [0.2, 0.25) is 0 Å². The molecule has 0 aromatic carbocycles. The highest BCUT2D eigenvalue weighted by atomic mass is 32.2. The lowest BCUT2D eigenvalue weighted by Crippen LogP contribution is -2.57. The van der Waals surface area contributed by atoms with Gasteiger partial charge in [0.2, 0.25) is 0 Å². The first-order valence-electron chi connectivity index (χ1n) is 5.49. The summed E-state index contributed by atoms with van der Waals surface area (Å²) in [5, 5.41) is 20.4. The Morgan fingerprint density at radius 2 is 2.06 bits per heavy atom. The second-order valence-electron chi connectivity index (χ2n) is 4.54. The van der Waals surface area contributed by atoms with Crippen molar-refractivity contribution < 1.29 is 19.3 Å². The van der Waals surface area contributed by atoms with Crippen molar-refractivity contribution in [2.24, 2.45) is 4.99 Å². The molecule has 0 spiro atoms. The van der Waals surface area contributed by atoms with E-state index in [0.717, 1.165) is 5.17 Å². The highest BCUT2D eigenvalue weighted by Crippen LogP contribution is 2.37. The van der Waals surface area contributed by atoms with Gasteiger partial charge < -0.3 is 19.8 Å². The second-order valence-corrected chi connectivity index (χ2v) is 5.61. The summed E-state index contributed by atoms with van der Waals surface area (Å²) in [5.41, 5.74) is -0.422. The van der Waals surface area contributed by atoms with Crippen LogP contribution in [0.1, 0.15) is 6.92 Å². The minimum atomic E-state index is -1.33. The fraction of sp³-hybridized carbons (Fsp3) is 0.900. The predicted molar refractivity (Wildman–Crippen MR) is 63.7 cm³/mol. The van der Waals surface area contributed by atoms with E-state index in [9.17, 15) is 14.6 Å². The molecule has 2 aliphatic heterocycles. The van der Waals surface area contributed by atoms with Crippen LogP contribution in [0, 0.1) is 0 Å². The van der Waals surface area contributed by atoms with E-state index in [1.165, 1.54) is 18.7 Å². The zero-order valence-electron chi connectivity index (χ0n) is 9.95. The molecule has 17 heavy (non-hydrogen) atoms. The third-order valence-corrected chi connectivity index (χ3v) is 4.23. The number of aliphatic hydroxyl groups excluding tert-OH is 2. The summed E-state index contributed by atoms with van der Waals surface area (Å²) in [5.74, 6) is 0. The molecule has 0 aromatic heterocycles. The molecule has 1 fully saturated rings. The SMILES string of the molecule is CC(F)C1OC2SC(N(C)C)=NC2C(O)C1O. The number of nitrogens with zero attached hydrogens (tertiary/aromatic N) is 2. The standard InChI is InChI=1S/C10H17FN2O3S/c1-4(11)8-7(15)6(14)5-9(16-8)17-10(12-5)13(2)3/h4-9,14-15H,1-3H3. The van der Waals surface area contributed by atoms with Gasteiger partial charge in [-0.2, -0.15) is 0 Å². The van der Waals surface area contributed by atoms with Crippen molar-refractivity contribution in [3.05, 3.63) is 0 Å². The Morgan fingerprint density at radius 3 is 2.59 bits per heavy atom. The average molecular weight is 264 g/mol. The molecule has 5 nitrogen and oxygen atoms in total. The van der Waals surface area contributed by atoms with Gasteiger partial charge in [-0.05, 0) is 6.92 Å². The van der Waals surface area contributed by atoms with Crippen molar-refractivity contribution in [1.82, 2.24) is 4.90 Å². The summed E-state index contributed by atoms with van der Waals surface area (Å²) < 4.78 is 18.7. The maximum atomic E-state index is 13.3. The third-order valence-electron chi connectivity index (χ3n) is 2.92. The third kappa shape index (κ3) is 2.29. The van der Waals surface area contributed by atoms with Crippen LogP contribution in [0.5, 0.6) is 0 Å². The molecule has 1 saturated heterocycles. The van der Waals surface area contributed by atoms with E-state index in [1.54, 1.807) is 4.90 Å². The number of hydrogen-bond donors (Lipinski definition) is 2. The Kier molecular flexibility index (Phi) is 3.63. The Balaban J connectivity index is 2.15. The summed E-state index contributed by atoms with van der Waals surface area (Å²) in [6.45, 7) is 1.31.